The van der Waals surface area contributed by atoms with Crippen LogP contribution >= 0.6 is 0 Å². The third-order valence-corrected chi connectivity index (χ3v) is 1.79. The van der Waals surface area contributed by atoms with E-state index >= 15 is 0 Å². The Bertz CT molecular complexity index is 133. The van der Waals surface area contributed by atoms with E-state index in [1.807, 2.05) is 6.92 Å². The van der Waals surface area contributed by atoms with Crippen molar-refractivity contribution in [3.8, 4) is 0 Å². The summed E-state index contributed by atoms with van der Waals surface area (Å²) in [4.78, 5) is 0. The van der Waals surface area contributed by atoms with Crippen LogP contribution in [0.15, 0.2) is 0 Å². The van der Waals surface area contributed by atoms with E-state index in [2.05, 4.69) is 19.2 Å². The van der Waals surface area contributed by atoms with Crippen molar-refractivity contribution in [3.05, 3.63) is 0 Å². The van der Waals surface area contributed by atoms with Gasteiger partial charge in [0.15, 0.2) is 0 Å². The van der Waals surface area contributed by atoms with E-state index in [1.54, 1.807) is 6.92 Å². The lowest BCUT2D eigenvalue weighted by atomic mass is 9.94. The van der Waals surface area contributed by atoms with Crippen molar-refractivity contribution < 1.29 is 10.2 Å². The summed E-state index contributed by atoms with van der Waals surface area (Å²) >= 11 is 0. The highest BCUT2D eigenvalue weighted by molar-refractivity contribution is 4.77. The van der Waals surface area contributed by atoms with E-state index in [0.717, 1.165) is 6.42 Å². The molecule has 0 rings (SSSR count). The van der Waals surface area contributed by atoms with Gasteiger partial charge in [-0.1, -0.05) is 13.8 Å². The summed E-state index contributed by atoms with van der Waals surface area (Å²) in [5.74, 6) is 0.489. The Morgan fingerprint density at radius 2 is 1.85 bits per heavy atom. The first kappa shape index (κ1) is 12.9. The predicted octanol–water partition coefficient (Wildman–Crippen LogP) is 0.754. The van der Waals surface area contributed by atoms with Crippen LogP contribution < -0.4 is 5.32 Å². The van der Waals surface area contributed by atoms with Crippen LogP contribution in [0, 0.1) is 5.92 Å². The highest BCUT2D eigenvalue weighted by Gasteiger charge is 2.21. The van der Waals surface area contributed by atoms with Crippen molar-refractivity contribution in [2.24, 2.45) is 5.92 Å². The largest absolute Gasteiger partial charge is 0.392 e. The van der Waals surface area contributed by atoms with Crippen LogP contribution in [-0.2, 0) is 0 Å². The van der Waals surface area contributed by atoms with Crippen LogP contribution in [0.4, 0.5) is 0 Å². The molecule has 0 aromatic rings. The van der Waals surface area contributed by atoms with Crippen LogP contribution in [0.2, 0.25) is 0 Å². The smallest absolute Gasteiger partial charge is 0.0746 e. The molecular weight excluding hydrogens is 166 g/mol. The molecule has 3 heteroatoms. The summed E-state index contributed by atoms with van der Waals surface area (Å²) in [6, 6.07) is 0. The highest BCUT2D eigenvalue weighted by Crippen LogP contribution is 2.14. The van der Waals surface area contributed by atoms with Crippen molar-refractivity contribution in [2.75, 3.05) is 13.1 Å². The minimum Gasteiger partial charge on any atom is -0.392 e. The summed E-state index contributed by atoms with van der Waals surface area (Å²) in [5, 5.41) is 21.9. The second-order valence-electron chi connectivity index (χ2n) is 4.57. The molecule has 0 amide bonds. The summed E-state index contributed by atoms with van der Waals surface area (Å²) in [6.45, 7) is 8.79. The zero-order valence-electron chi connectivity index (χ0n) is 9.17. The number of nitrogens with one attached hydrogen (secondary N) is 1. The maximum Gasteiger partial charge on any atom is 0.0746 e. The Labute approximate surface area is 81.2 Å². The number of hydrogen-bond donors (Lipinski definition) is 3. The highest BCUT2D eigenvalue weighted by atomic mass is 16.3. The molecule has 0 aromatic heterocycles. The van der Waals surface area contributed by atoms with Gasteiger partial charge in [0.1, 0.15) is 0 Å². The van der Waals surface area contributed by atoms with E-state index in [0.29, 0.717) is 19.0 Å². The van der Waals surface area contributed by atoms with Crippen LogP contribution in [-0.4, -0.2) is 35.0 Å². The molecule has 0 spiro atoms. The monoisotopic (exact) mass is 189 g/mol. The van der Waals surface area contributed by atoms with E-state index < -0.39 is 5.60 Å². The second-order valence-corrected chi connectivity index (χ2v) is 4.57. The Kier molecular flexibility index (Phi) is 5.53. The lowest BCUT2D eigenvalue weighted by Crippen LogP contribution is -2.41. The van der Waals surface area contributed by atoms with Gasteiger partial charge in [0, 0.05) is 13.1 Å². The summed E-state index contributed by atoms with van der Waals surface area (Å²) < 4.78 is 0. The van der Waals surface area contributed by atoms with Gasteiger partial charge in [-0.05, 0) is 26.2 Å². The summed E-state index contributed by atoms with van der Waals surface area (Å²) in [5.41, 5.74) is -0.664. The summed E-state index contributed by atoms with van der Waals surface area (Å²) in [7, 11) is 0. The lowest BCUT2D eigenvalue weighted by Gasteiger charge is -2.26. The van der Waals surface area contributed by atoms with Gasteiger partial charge in [-0.2, -0.15) is 0 Å². The van der Waals surface area contributed by atoms with Crippen LogP contribution in [0.3, 0.4) is 0 Å². The average Bonchev–Trinajstić information content (AvgIpc) is 1.81. The molecule has 80 valence electrons. The van der Waals surface area contributed by atoms with Gasteiger partial charge in [0.2, 0.25) is 0 Å². The molecule has 3 nitrogen and oxygen atoms in total. The molecule has 3 N–H and O–H groups in total. The molecule has 2 atom stereocenters. The first-order valence-electron chi connectivity index (χ1n) is 4.94. The minimum absolute atomic E-state index is 0.352. The zero-order valence-corrected chi connectivity index (χ0v) is 9.17. The Morgan fingerprint density at radius 3 is 2.23 bits per heavy atom. The van der Waals surface area contributed by atoms with Gasteiger partial charge < -0.3 is 15.5 Å². The molecule has 0 saturated carbocycles. The van der Waals surface area contributed by atoms with Crippen molar-refractivity contribution in [2.45, 2.75) is 45.8 Å². The molecule has 0 saturated heterocycles. The zero-order chi connectivity index (χ0) is 10.5. The first-order chi connectivity index (χ1) is 5.83. The van der Waals surface area contributed by atoms with E-state index in [4.69, 9.17) is 5.11 Å². The molecule has 0 aromatic carbocycles. The van der Waals surface area contributed by atoms with Crippen LogP contribution in [0.25, 0.3) is 0 Å². The number of aliphatic hydroxyl groups is 2. The van der Waals surface area contributed by atoms with E-state index in [9.17, 15) is 5.11 Å². The SMILES string of the molecule is CC(C)CC(C)(O)CNC[C@@H](C)O. The van der Waals surface area contributed by atoms with E-state index in [-0.39, 0.29) is 6.10 Å². The molecule has 0 heterocycles. The Balaban J connectivity index is 3.62. The van der Waals surface area contributed by atoms with Crippen molar-refractivity contribution in [3.63, 3.8) is 0 Å². The molecular formula is C10H23NO2. The predicted molar refractivity (Wildman–Crippen MR) is 54.6 cm³/mol. The lowest BCUT2D eigenvalue weighted by molar-refractivity contribution is 0.0359. The van der Waals surface area contributed by atoms with Crippen molar-refractivity contribution in [1.82, 2.24) is 5.32 Å². The topological polar surface area (TPSA) is 52.5 Å². The number of hydrogen-bond acceptors (Lipinski definition) is 3. The van der Waals surface area contributed by atoms with Crippen molar-refractivity contribution >= 4 is 0 Å². The van der Waals surface area contributed by atoms with Gasteiger partial charge in [-0.25, -0.2) is 0 Å². The number of aliphatic hydroxyl groups excluding tert-OH is 1. The fourth-order valence-corrected chi connectivity index (χ4v) is 1.50. The van der Waals surface area contributed by atoms with Gasteiger partial charge in [0.05, 0.1) is 11.7 Å². The maximum atomic E-state index is 9.85. The molecule has 0 radical (unpaired) electrons. The van der Waals surface area contributed by atoms with Crippen molar-refractivity contribution in [1.29, 1.82) is 0 Å². The standard InChI is InChI=1S/C10H23NO2/c1-8(2)5-10(4,13)7-11-6-9(3)12/h8-9,11-13H,5-7H2,1-4H3/t9-,10?/m1/s1. The molecule has 0 fully saturated rings. The third kappa shape index (κ3) is 8.22. The fourth-order valence-electron chi connectivity index (χ4n) is 1.50. The van der Waals surface area contributed by atoms with Crippen LogP contribution in [0.5, 0.6) is 0 Å². The molecule has 13 heavy (non-hydrogen) atoms. The Hall–Kier alpha value is -0.120. The maximum absolute atomic E-state index is 9.85. The van der Waals surface area contributed by atoms with E-state index in [1.165, 1.54) is 0 Å². The normalized spacial score (nSPS) is 18.7. The molecule has 0 bridgehead atoms. The minimum atomic E-state index is -0.664. The molecule has 0 aliphatic rings. The van der Waals surface area contributed by atoms with Crippen LogP contribution in [0.1, 0.15) is 34.1 Å². The second kappa shape index (κ2) is 5.58. The number of rotatable bonds is 6. The van der Waals surface area contributed by atoms with Gasteiger partial charge in [-0.3, -0.25) is 0 Å². The van der Waals surface area contributed by atoms with Gasteiger partial charge in [0.25, 0.3) is 0 Å². The quantitative estimate of drug-likeness (QED) is 0.578. The Morgan fingerprint density at radius 1 is 1.31 bits per heavy atom. The average molecular weight is 189 g/mol. The molecule has 1 unspecified atom stereocenters. The summed E-state index contributed by atoms with van der Waals surface area (Å²) in [6.07, 6.45) is 0.426. The van der Waals surface area contributed by atoms with Gasteiger partial charge >= 0.3 is 0 Å². The first-order valence-corrected chi connectivity index (χ1v) is 4.94. The molecule has 0 aliphatic carbocycles. The molecule has 0 aliphatic heterocycles. The van der Waals surface area contributed by atoms with Gasteiger partial charge in [-0.15, -0.1) is 0 Å². The third-order valence-electron chi connectivity index (χ3n) is 1.79. The fraction of sp³-hybridized carbons (Fsp3) is 1.00.